The van der Waals surface area contributed by atoms with Gasteiger partial charge in [-0.3, -0.25) is 0 Å². The molecule has 2 aromatic rings. The number of ether oxygens (including phenoxy) is 2. The van der Waals surface area contributed by atoms with Crippen molar-refractivity contribution in [3.63, 3.8) is 0 Å². The Labute approximate surface area is 149 Å². The third-order valence-corrected chi connectivity index (χ3v) is 5.83. The highest BCUT2D eigenvalue weighted by atomic mass is 16.5. The molecule has 2 fully saturated rings. The lowest BCUT2D eigenvalue weighted by Gasteiger charge is -2.57. The van der Waals surface area contributed by atoms with Crippen LogP contribution in [-0.4, -0.2) is 41.7 Å². The van der Waals surface area contributed by atoms with Crippen LogP contribution in [0.3, 0.4) is 0 Å². The lowest BCUT2D eigenvalue weighted by Crippen LogP contribution is -2.65. The normalized spacial score (nSPS) is 25.0. The van der Waals surface area contributed by atoms with Gasteiger partial charge in [-0.15, -0.1) is 0 Å². The Balaban J connectivity index is 1.44. The van der Waals surface area contributed by atoms with Gasteiger partial charge in [0.1, 0.15) is 0 Å². The van der Waals surface area contributed by atoms with E-state index < -0.39 is 0 Å². The zero-order valence-corrected chi connectivity index (χ0v) is 14.9. The molecular weight excluding hydrogens is 314 g/mol. The van der Waals surface area contributed by atoms with E-state index in [1.807, 2.05) is 29.1 Å². The summed E-state index contributed by atoms with van der Waals surface area (Å²) in [6.07, 6.45) is 5.52. The predicted octanol–water partition coefficient (Wildman–Crippen LogP) is 2.94. The van der Waals surface area contributed by atoms with Crippen molar-refractivity contribution in [1.29, 1.82) is 0 Å². The Bertz CT molecular complexity index is 679. The van der Waals surface area contributed by atoms with Gasteiger partial charge in [0.25, 0.3) is 0 Å². The largest absolute Gasteiger partial charge is 0.381 e. The van der Waals surface area contributed by atoms with Gasteiger partial charge in [0.2, 0.25) is 0 Å². The number of nitrogens with zero attached hydrogens (tertiary/aromatic N) is 2. The SMILES string of the molecule is CCO[C@H]1C[C@@H](NCc2ccnn2-c2ccccc2)C12CCOCC2. The number of nitrogens with one attached hydrogen (secondary N) is 1. The van der Waals surface area contributed by atoms with E-state index in [2.05, 4.69) is 35.5 Å². The minimum Gasteiger partial charge on any atom is -0.381 e. The molecular formula is C20H27N3O2. The molecule has 1 aromatic carbocycles. The Hall–Kier alpha value is -1.69. The fraction of sp³-hybridized carbons (Fsp3) is 0.550. The van der Waals surface area contributed by atoms with Crippen LogP contribution in [0.2, 0.25) is 0 Å². The lowest BCUT2D eigenvalue weighted by atomic mass is 9.57. The Morgan fingerprint density at radius 1 is 1.24 bits per heavy atom. The summed E-state index contributed by atoms with van der Waals surface area (Å²) in [5.74, 6) is 0. The molecule has 0 amide bonds. The first kappa shape index (κ1) is 16.8. The van der Waals surface area contributed by atoms with E-state index in [1.54, 1.807) is 0 Å². The first-order valence-corrected chi connectivity index (χ1v) is 9.34. The van der Waals surface area contributed by atoms with E-state index >= 15 is 0 Å². The predicted molar refractivity (Wildman–Crippen MR) is 96.7 cm³/mol. The van der Waals surface area contributed by atoms with Crippen LogP contribution < -0.4 is 5.32 Å². The molecule has 1 aliphatic heterocycles. The van der Waals surface area contributed by atoms with E-state index in [9.17, 15) is 0 Å². The van der Waals surface area contributed by atoms with Gasteiger partial charge in [0, 0.05) is 44.0 Å². The molecule has 2 aliphatic rings. The van der Waals surface area contributed by atoms with Crippen molar-refractivity contribution in [1.82, 2.24) is 15.1 Å². The quantitative estimate of drug-likeness (QED) is 0.878. The number of benzene rings is 1. The zero-order valence-electron chi connectivity index (χ0n) is 14.9. The minimum absolute atomic E-state index is 0.242. The van der Waals surface area contributed by atoms with Crippen molar-refractivity contribution < 1.29 is 9.47 Å². The third kappa shape index (κ3) is 3.12. The molecule has 0 unspecified atom stereocenters. The van der Waals surface area contributed by atoms with Crippen LogP contribution in [0.25, 0.3) is 5.69 Å². The molecule has 1 aliphatic carbocycles. The van der Waals surface area contributed by atoms with Crippen molar-refractivity contribution in [2.45, 2.75) is 44.9 Å². The third-order valence-electron chi connectivity index (χ3n) is 5.83. The lowest BCUT2D eigenvalue weighted by molar-refractivity contribution is -0.173. The van der Waals surface area contributed by atoms with Gasteiger partial charge >= 0.3 is 0 Å². The Morgan fingerprint density at radius 2 is 2.04 bits per heavy atom. The van der Waals surface area contributed by atoms with Crippen LogP contribution >= 0.6 is 0 Å². The van der Waals surface area contributed by atoms with Crippen LogP contribution in [0.4, 0.5) is 0 Å². The minimum atomic E-state index is 0.242. The van der Waals surface area contributed by atoms with E-state index in [-0.39, 0.29) is 5.41 Å². The van der Waals surface area contributed by atoms with Gasteiger partial charge < -0.3 is 14.8 Å². The zero-order chi connectivity index (χ0) is 17.1. The number of rotatable bonds is 6. The molecule has 1 saturated carbocycles. The second-order valence-corrected chi connectivity index (χ2v) is 7.03. The van der Waals surface area contributed by atoms with E-state index in [0.717, 1.165) is 51.3 Å². The summed E-state index contributed by atoms with van der Waals surface area (Å²) in [5, 5.41) is 8.27. The second kappa shape index (κ2) is 7.28. The highest BCUT2D eigenvalue weighted by Crippen LogP contribution is 2.50. The molecule has 0 bridgehead atoms. The number of aromatic nitrogens is 2. The summed E-state index contributed by atoms with van der Waals surface area (Å²) in [7, 11) is 0. The Morgan fingerprint density at radius 3 is 2.80 bits per heavy atom. The molecule has 25 heavy (non-hydrogen) atoms. The van der Waals surface area contributed by atoms with Crippen LogP contribution in [0.5, 0.6) is 0 Å². The second-order valence-electron chi connectivity index (χ2n) is 7.03. The smallest absolute Gasteiger partial charge is 0.0662 e. The van der Waals surface area contributed by atoms with Crippen molar-refractivity contribution in [3.05, 3.63) is 48.3 Å². The van der Waals surface area contributed by atoms with E-state index in [4.69, 9.17) is 9.47 Å². The maximum Gasteiger partial charge on any atom is 0.0662 e. The standard InChI is InChI=1S/C20H27N3O2/c1-2-25-19-14-18(20(19)9-12-24-13-10-20)21-15-17-8-11-22-23(17)16-6-4-3-5-7-16/h3-8,11,18-19,21H,2,9-10,12-15H2,1H3/t18-,19+/m1/s1. The highest BCUT2D eigenvalue weighted by molar-refractivity contribution is 5.32. The number of hydrogen-bond acceptors (Lipinski definition) is 4. The molecule has 1 spiro atoms. The molecule has 2 heterocycles. The van der Waals surface area contributed by atoms with Gasteiger partial charge in [0.15, 0.2) is 0 Å². The molecule has 5 heteroatoms. The fourth-order valence-corrected chi connectivity index (χ4v) is 4.39. The van der Waals surface area contributed by atoms with Gasteiger partial charge in [-0.25, -0.2) is 4.68 Å². The number of para-hydroxylation sites is 1. The first-order valence-electron chi connectivity index (χ1n) is 9.34. The molecule has 2 atom stereocenters. The monoisotopic (exact) mass is 341 g/mol. The van der Waals surface area contributed by atoms with Crippen LogP contribution in [0.15, 0.2) is 42.6 Å². The molecule has 1 aromatic heterocycles. The topological polar surface area (TPSA) is 48.3 Å². The molecule has 4 rings (SSSR count). The van der Waals surface area contributed by atoms with E-state index in [0.29, 0.717) is 12.1 Å². The molecule has 1 saturated heterocycles. The van der Waals surface area contributed by atoms with Gasteiger partial charge in [-0.2, -0.15) is 5.10 Å². The summed E-state index contributed by atoms with van der Waals surface area (Å²) in [6.45, 7) is 5.40. The summed E-state index contributed by atoms with van der Waals surface area (Å²) in [5.41, 5.74) is 2.53. The molecule has 5 nitrogen and oxygen atoms in total. The highest BCUT2D eigenvalue weighted by Gasteiger charge is 2.55. The van der Waals surface area contributed by atoms with Crippen LogP contribution in [0.1, 0.15) is 31.9 Å². The average molecular weight is 341 g/mol. The van der Waals surface area contributed by atoms with Gasteiger partial charge in [0.05, 0.1) is 17.5 Å². The summed E-state index contributed by atoms with van der Waals surface area (Å²) in [6, 6.07) is 12.9. The molecule has 134 valence electrons. The fourth-order valence-electron chi connectivity index (χ4n) is 4.39. The summed E-state index contributed by atoms with van der Waals surface area (Å²) >= 11 is 0. The molecule has 1 N–H and O–H groups in total. The van der Waals surface area contributed by atoms with Crippen LogP contribution in [-0.2, 0) is 16.0 Å². The van der Waals surface area contributed by atoms with Gasteiger partial charge in [-0.05, 0) is 44.4 Å². The van der Waals surface area contributed by atoms with Crippen molar-refractivity contribution in [2.75, 3.05) is 19.8 Å². The van der Waals surface area contributed by atoms with Crippen molar-refractivity contribution in [2.24, 2.45) is 5.41 Å². The van der Waals surface area contributed by atoms with Crippen molar-refractivity contribution >= 4 is 0 Å². The average Bonchev–Trinajstić information content (AvgIpc) is 3.14. The molecule has 0 radical (unpaired) electrons. The first-order chi connectivity index (χ1) is 12.3. The maximum absolute atomic E-state index is 6.02. The van der Waals surface area contributed by atoms with E-state index in [1.165, 1.54) is 5.69 Å². The summed E-state index contributed by atoms with van der Waals surface area (Å²) in [4.78, 5) is 0. The summed E-state index contributed by atoms with van der Waals surface area (Å²) < 4.78 is 13.6. The Kier molecular flexibility index (Phi) is 4.88. The van der Waals surface area contributed by atoms with Gasteiger partial charge in [-0.1, -0.05) is 18.2 Å². The maximum atomic E-state index is 6.02. The van der Waals surface area contributed by atoms with Crippen molar-refractivity contribution in [3.8, 4) is 5.69 Å². The number of hydrogen-bond donors (Lipinski definition) is 1. The van der Waals surface area contributed by atoms with Crippen LogP contribution in [0, 0.1) is 5.41 Å².